The molecule has 0 aliphatic heterocycles. The fraction of sp³-hybridized carbons (Fsp3) is 0.455. The Bertz CT molecular complexity index is 373. The summed E-state index contributed by atoms with van der Waals surface area (Å²) in [5.41, 5.74) is -4.44. The molecule has 0 aliphatic rings. The number of benzene rings is 1. The first kappa shape index (κ1) is 15.2. The average molecular weight is 285 g/mol. The molecule has 0 spiro atoms. The van der Waals surface area contributed by atoms with E-state index in [0.29, 0.717) is 0 Å². The summed E-state index contributed by atoms with van der Waals surface area (Å²) in [6.07, 6.45) is 0. The summed E-state index contributed by atoms with van der Waals surface area (Å²) < 4.78 is 62.2. The third-order valence-electron chi connectivity index (χ3n) is 2.25. The van der Waals surface area contributed by atoms with Crippen LogP contribution in [0.15, 0.2) is 18.2 Å². The van der Waals surface area contributed by atoms with Gasteiger partial charge in [0.25, 0.3) is 0 Å². The van der Waals surface area contributed by atoms with Crippen molar-refractivity contribution in [3.8, 4) is 0 Å². The van der Waals surface area contributed by atoms with Crippen molar-refractivity contribution < 1.29 is 22.0 Å². The minimum atomic E-state index is -4.28. The number of rotatable bonds is 5. The molecule has 1 atom stereocenters. The van der Waals surface area contributed by atoms with Crippen LogP contribution in [0, 0.1) is 11.6 Å². The van der Waals surface area contributed by atoms with Crippen molar-refractivity contribution in [2.45, 2.75) is 18.5 Å². The first-order chi connectivity index (χ1) is 8.31. The van der Waals surface area contributed by atoms with E-state index in [1.54, 1.807) is 0 Å². The van der Waals surface area contributed by atoms with Gasteiger partial charge in [0.15, 0.2) is 0 Å². The fourth-order valence-corrected chi connectivity index (χ4v) is 1.92. The van der Waals surface area contributed by atoms with E-state index in [9.17, 15) is 22.0 Å². The maximum Gasteiger partial charge on any atom is 0.441 e. The molecule has 0 saturated heterocycles. The molecule has 1 aromatic rings. The van der Waals surface area contributed by atoms with Gasteiger partial charge in [0.1, 0.15) is 11.6 Å². The van der Waals surface area contributed by atoms with Gasteiger partial charge < -0.3 is 5.32 Å². The SMILES string of the molecule is CC(NCCSC(F)(F)F)c1c(F)cccc1F. The second-order valence-electron chi connectivity index (χ2n) is 3.61. The highest BCUT2D eigenvalue weighted by atomic mass is 32.2. The van der Waals surface area contributed by atoms with Gasteiger partial charge in [-0.3, -0.25) is 0 Å². The highest BCUT2D eigenvalue weighted by Crippen LogP contribution is 2.29. The monoisotopic (exact) mass is 285 g/mol. The van der Waals surface area contributed by atoms with Gasteiger partial charge in [-0.05, 0) is 30.8 Å². The van der Waals surface area contributed by atoms with E-state index in [1.165, 1.54) is 13.0 Å². The van der Waals surface area contributed by atoms with Crippen molar-refractivity contribution in [1.29, 1.82) is 0 Å². The van der Waals surface area contributed by atoms with Crippen LogP contribution in [0.2, 0.25) is 0 Å². The molecule has 0 amide bonds. The van der Waals surface area contributed by atoms with Crippen LogP contribution in [-0.2, 0) is 0 Å². The van der Waals surface area contributed by atoms with Gasteiger partial charge in [-0.25, -0.2) is 8.78 Å². The van der Waals surface area contributed by atoms with Crippen molar-refractivity contribution in [2.75, 3.05) is 12.3 Å². The molecule has 102 valence electrons. The highest BCUT2D eigenvalue weighted by Gasteiger charge is 2.27. The number of thioether (sulfide) groups is 1. The van der Waals surface area contributed by atoms with Crippen LogP contribution in [0.1, 0.15) is 18.5 Å². The minimum Gasteiger partial charge on any atom is -0.309 e. The molecule has 1 rings (SSSR count). The number of hydrogen-bond acceptors (Lipinski definition) is 2. The van der Waals surface area contributed by atoms with Crippen molar-refractivity contribution >= 4 is 11.8 Å². The predicted molar refractivity (Wildman–Crippen MR) is 61.3 cm³/mol. The van der Waals surface area contributed by atoms with E-state index in [0.717, 1.165) is 12.1 Å². The first-order valence-electron chi connectivity index (χ1n) is 5.19. The third-order valence-corrected chi connectivity index (χ3v) is 2.99. The Hall–Kier alpha value is -0.820. The molecule has 1 aromatic carbocycles. The lowest BCUT2D eigenvalue weighted by molar-refractivity contribution is -0.0327. The number of halogens is 5. The summed E-state index contributed by atoms with van der Waals surface area (Å²) in [6.45, 7) is 1.51. The van der Waals surface area contributed by atoms with Gasteiger partial charge in [0, 0.05) is 23.9 Å². The molecular formula is C11H12F5NS. The van der Waals surface area contributed by atoms with Crippen molar-refractivity contribution in [1.82, 2.24) is 5.32 Å². The Morgan fingerprint density at radius 1 is 1.22 bits per heavy atom. The molecule has 0 heterocycles. The van der Waals surface area contributed by atoms with Gasteiger partial charge in [0.2, 0.25) is 0 Å². The van der Waals surface area contributed by atoms with Crippen LogP contribution >= 0.6 is 11.8 Å². The number of nitrogens with one attached hydrogen (secondary N) is 1. The molecule has 0 bridgehead atoms. The lowest BCUT2D eigenvalue weighted by atomic mass is 10.1. The van der Waals surface area contributed by atoms with E-state index in [-0.39, 0.29) is 29.6 Å². The number of hydrogen-bond donors (Lipinski definition) is 1. The summed E-state index contributed by atoms with van der Waals surface area (Å²) in [6, 6.07) is 2.78. The maximum atomic E-state index is 13.3. The molecule has 0 saturated carbocycles. The van der Waals surface area contributed by atoms with Crippen molar-refractivity contribution in [3.63, 3.8) is 0 Å². The van der Waals surface area contributed by atoms with E-state index in [4.69, 9.17) is 0 Å². The van der Waals surface area contributed by atoms with Crippen LogP contribution in [-0.4, -0.2) is 17.8 Å². The zero-order valence-corrected chi connectivity index (χ0v) is 10.3. The Balaban J connectivity index is 2.48. The summed E-state index contributed by atoms with van der Waals surface area (Å²) >= 11 is -0.171. The first-order valence-corrected chi connectivity index (χ1v) is 6.18. The molecule has 7 heteroatoms. The van der Waals surface area contributed by atoms with E-state index >= 15 is 0 Å². The maximum absolute atomic E-state index is 13.3. The van der Waals surface area contributed by atoms with Crippen molar-refractivity contribution in [2.24, 2.45) is 0 Å². The fourth-order valence-electron chi connectivity index (χ4n) is 1.47. The Labute approximate surface area is 106 Å². The number of alkyl halides is 3. The zero-order chi connectivity index (χ0) is 13.8. The predicted octanol–water partition coefficient (Wildman–Crippen LogP) is 3.87. The van der Waals surface area contributed by atoms with Crippen LogP contribution in [0.3, 0.4) is 0 Å². The third kappa shape index (κ3) is 4.81. The Morgan fingerprint density at radius 3 is 2.28 bits per heavy atom. The molecule has 1 unspecified atom stereocenters. The van der Waals surface area contributed by atoms with Crippen LogP contribution in [0.25, 0.3) is 0 Å². The Kier molecular flexibility index (Phi) is 5.40. The van der Waals surface area contributed by atoms with Crippen LogP contribution in [0.4, 0.5) is 22.0 Å². The average Bonchev–Trinajstić information content (AvgIpc) is 2.23. The molecule has 18 heavy (non-hydrogen) atoms. The molecule has 0 fully saturated rings. The molecule has 1 nitrogen and oxygen atoms in total. The minimum absolute atomic E-state index is 0.0130. The van der Waals surface area contributed by atoms with Crippen molar-refractivity contribution in [3.05, 3.63) is 35.4 Å². The summed E-state index contributed by atoms with van der Waals surface area (Å²) in [5.74, 6) is -1.62. The topological polar surface area (TPSA) is 12.0 Å². The Morgan fingerprint density at radius 2 is 1.78 bits per heavy atom. The smallest absolute Gasteiger partial charge is 0.309 e. The van der Waals surface area contributed by atoms with Gasteiger partial charge in [-0.2, -0.15) is 13.2 Å². The largest absolute Gasteiger partial charge is 0.441 e. The van der Waals surface area contributed by atoms with Crippen LogP contribution < -0.4 is 5.32 Å². The lowest BCUT2D eigenvalue weighted by Crippen LogP contribution is -2.24. The van der Waals surface area contributed by atoms with Gasteiger partial charge >= 0.3 is 5.51 Å². The van der Waals surface area contributed by atoms with Crippen LogP contribution in [0.5, 0.6) is 0 Å². The molecule has 1 N–H and O–H groups in total. The summed E-state index contributed by atoms with van der Waals surface area (Å²) in [5, 5.41) is 2.65. The summed E-state index contributed by atoms with van der Waals surface area (Å²) in [4.78, 5) is 0. The van der Waals surface area contributed by atoms with Gasteiger partial charge in [-0.15, -0.1) is 0 Å². The normalized spacial score (nSPS) is 13.7. The zero-order valence-electron chi connectivity index (χ0n) is 9.52. The van der Waals surface area contributed by atoms with E-state index in [2.05, 4.69) is 5.32 Å². The molecule has 0 aliphatic carbocycles. The lowest BCUT2D eigenvalue weighted by Gasteiger charge is -2.15. The van der Waals surface area contributed by atoms with E-state index in [1.807, 2.05) is 0 Å². The quantitative estimate of drug-likeness (QED) is 0.651. The molecule has 0 aromatic heterocycles. The second-order valence-corrected chi connectivity index (χ2v) is 4.77. The standard InChI is InChI=1S/C11H12F5NS/c1-7(17-5-6-18-11(14,15)16)10-8(12)3-2-4-9(10)13/h2-4,7,17H,5-6H2,1H3. The van der Waals surface area contributed by atoms with Gasteiger partial charge in [-0.1, -0.05) is 6.07 Å². The highest BCUT2D eigenvalue weighted by molar-refractivity contribution is 8.00. The van der Waals surface area contributed by atoms with Gasteiger partial charge in [0.05, 0.1) is 0 Å². The van der Waals surface area contributed by atoms with E-state index < -0.39 is 23.2 Å². The summed E-state index contributed by atoms with van der Waals surface area (Å²) in [7, 11) is 0. The molecule has 0 radical (unpaired) electrons. The second kappa shape index (κ2) is 6.38. The molecular weight excluding hydrogens is 273 g/mol.